The Morgan fingerprint density at radius 2 is 1.83 bits per heavy atom. The summed E-state index contributed by atoms with van der Waals surface area (Å²) in [6.45, 7) is 3.74. The van der Waals surface area contributed by atoms with E-state index in [1.54, 1.807) is 56.3 Å². The van der Waals surface area contributed by atoms with E-state index in [4.69, 9.17) is 9.47 Å². The van der Waals surface area contributed by atoms with Crippen LogP contribution in [0.3, 0.4) is 0 Å². The summed E-state index contributed by atoms with van der Waals surface area (Å²) in [5.74, 6) is -0.835. The van der Waals surface area contributed by atoms with Crippen LogP contribution in [0.1, 0.15) is 28.4 Å². The minimum Gasteiger partial charge on any atom is -0.490 e. The van der Waals surface area contributed by atoms with Gasteiger partial charge in [-0.05, 0) is 55.3 Å². The van der Waals surface area contributed by atoms with E-state index in [0.29, 0.717) is 23.3 Å². The van der Waals surface area contributed by atoms with Crippen molar-refractivity contribution in [2.45, 2.75) is 13.8 Å². The van der Waals surface area contributed by atoms with Crippen LogP contribution in [0.5, 0.6) is 11.5 Å². The first-order valence-electron chi connectivity index (χ1n) is 10.5. The van der Waals surface area contributed by atoms with Crippen LogP contribution < -0.4 is 14.8 Å². The number of amides is 1. The zero-order valence-corrected chi connectivity index (χ0v) is 19.0. The van der Waals surface area contributed by atoms with Crippen molar-refractivity contribution in [1.29, 1.82) is 5.26 Å². The fourth-order valence-electron chi connectivity index (χ4n) is 3.06. The van der Waals surface area contributed by atoms with Crippen molar-refractivity contribution >= 4 is 29.3 Å². The lowest BCUT2D eigenvalue weighted by Gasteiger charge is -2.12. The van der Waals surface area contributed by atoms with Gasteiger partial charge in [0.15, 0.2) is 11.5 Å². The van der Waals surface area contributed by atoms with E-state index in [2.05, 4.69) is 5.32 Å². The smallest absolute Gasteiger partial charge is 0.343 e. The molecule has 0 fully saturated rings. The van der Waals surface area contributed by atoms with Crippen LogP contribution in [0.4, 0.5) is 11.4 Å². The van der Waals surface area contributed by atoms with Crippen molar-refractivity contribution in [1.82, 2.24) is 0 Å². The molecule has 0 aliphatic carbocycles. The second-order valence-electron chi connectivity index (χ2n) is 7.28. The van der Waals surface area contributed by atoms with Gasteiger partial charge in [0.2, 0.25) is 0 Å². The molecule has 9 nitrogen and oxygen atoms in total. The molecule has 1 amide bonds. The molecular weight excluding hydrogens is 450 g/mol. The second kappa shape index (κ2) is 11.2. The van der Waals surface area contributed by atoms with Crippen LogP contribution in [0.2, 0.25) is 0 Å². The number of rotatable bonds is 8. The average molecular weight is 471 g/mol. The summed E-state index contributed by atoms with van der Waals surface area (Å²) in [6, 6.07) is 19.0. The van der Waals surface area contributed by atoms with Crippen molar-refractivity contribution < 1.29 is 24.0 Å². The number of carbonyl (C=O) groups is 2. The Bertz CT molecular complexity index is 1340. The van der Waals surface area contributed by atoms with Crippen LogP contribution in [0.25, 0.3) is 6.08 Å². The third-order valence-corrected chi connectivity index (χ3v) is 4.84. The summed E-state index contributed by atoms with van der Waals surface area (Å²) < 4.78 is 11.0. The molecule has 176 valence electrons. The lowest BCUT2D eigenvalue weighted by Crippen LogP contribution is -2.14. The van der Waals surface area contributed by atoms with E-state index < -0.39 is 16.8 Å². The number of benzene rings is 3. The Labute approximate surface area is 201 Å². The molecule has 0 bridgehead atoms. The lowest BCUT2D eigenvalue weighted by atomic mass is 10.1. The topological polar surface area (TPSA) is 132 Å². The first kappa shape index (κ1) is 24.7. The summed E-state index contributed by atoms with van der Waals surface area (Å²) in [6.07, 6.45) is 1.34. The molecule has 0 spiro atoms. The molecule has 0 heterocycles. The highest BCUT2D eigenvalue weighted by molar-refractivity contribution is 6.10. The van der Waals surface area contributed by atoms with Gasteiger partial charge in [-0.2, -0.15) is 5.26 Å². The molecule has 0 saturated carbocycles. The monoisotopic (exact) mass is 471 g/mol. The van der Waals surface area contributed by atoms with Gasteiger partial charge < -0.3 is 14.8 Å². The number of nitriles is 1. The maximum absolute atomic E-state index is 12.7. The number of nitrogens with one attached hydrogen (secondary N) is 1. The Balaban J connectivity index is 1.85. The van der Waals surface area contributed by atoms with Gasteiger partial charge in [-0.15, -0.1) is 0 Å². The van der Waals surface area contributed by atoms with Gasteiger partial charge in [0.25, 0.3) is 11.6 Å². The fourth-order valence-corrected chi connectivity index (χ4v) is 3.06. The summed E-state index contributed by atoms with van der Waals surface area (Å²) in [4.78, 5) is 35.6. The number of nitrogens with zero attached hydrogens (tertiary/aromatic N) is 2. The molecule has 0 atom stereocenters. The molecule has 9 heteroatoms. The van der Waals surface area contributed by atoms with Gasteiger partial charge in [-0.3, -0.25) is 14.9 Å². The molecule has 35 heavy (non-hydrogen) atoms. The van der Waals surface area contributed by atoms with Crippen LogP contribution in [-0.2, 0) is 4.79 Å². The molecule has 0 aromatic heterocycles. The van der Waals surface area contributed by atoms with Crippen LogP contribution >= 0.6 is 0 Å². The van der Waals surface area contributed by atoms with Gasteiger partial charge in [-0.25, -0.2) is 4.79 Å². The normalized spacial score (nSPS) is 10.7. The van der Waals surface area contributed by atoms with Gasteiger partial charge in [0, 0.05) is 12.1 Å². The number of esters is 1. The van der Waals surface area contributed by atoms with Crippen molar-refractivity contribution in [2.75, 3.05) is 11.9 Å². The van der Waals surface area contributed by atoms with Crippen molar-refractivity contribution in [2.24, 2.45) is 0 Å². The third kappa shape index (κ3) is 6.30. The number of aryl methyl sites for hydroxylation is 1. The predicted molar refractivity (Wildman–Crippen MR) is 129 cm³/mol. The van der Waals surface area contributed by atoms with Crippen molar-refractivity contribution in [3.05, 3.63) is 99.1 Å². The lowest BCUT2D eigenvalue weighted by molar-refractivity contribution is -0.384. The number of hydrogen-bond acceptors (Lipinski definition) is 7. The Hall–Kier alpha value is -4.97. The number of carbonyl (C=O) groups excluding carboxylic acids is 2. The van der Waals surface area contributed by atoms with E-state index in [1.807, 2.05) is 6.07 Å². The average Bonchev–Trinajstić information content (AvgIpc) is 2.85. The van der Waals surface area contributed by atoms with E-state index in [-0.39, 0.29) is 28.4 Å². The molecule has 1 N–H and O–H groups in total. The van der Waals surface area contributed by atoms with E-state index >= 15 is 0 Å². The Morgan fingerprint density at radius 1 is 1.09 bits per heavy atom. The summed E-state index contributed by atoms with van der Waals surface area (Å²) in [5, 5.41) is 23.1. The van der Waals surface area contributed by atoms with Crippen molar-refractivity contribution in [3.63, 3.8) is 0 Å². The quantitative estimate of drug-likeness (QED) is 0.121. The molecular formula is C26H21N3O6. The highest BCUT2D eigenvalue weighted by Gasteiger charge is 2.16. The number of anilines is 1. The maximum Gasteiger partial charge on any atom is 0.343 e. The fraction of sp³-hybridized carbons (Fsp3) is 0.115. The molecule has 0 aliphatic heterocycles. The summed E-state index contributed by atoms with van der Waals surface area (Å²) in [5.41, 5.74) is 1.24. The Morgan fingerprint density at radius 3 is 2.49 bits per heavy atom. The largest absolute Gasteiger partial charge is 0.490 e. The highest BCUT2D eigenvalue weighted by Crippen LogP contribution is 2.30. The summed E-state index contributed by atoms with van der Waals surface area (Å²) in [7, 11) is 0. The first-order chi connectivity index (χ1) is 16.8. The minimum atomic E-state index is -0.728. The second-order valence-corrected chi connectivity index (χ2v) is 7.28. The number of ether oxygens (including phenoxy) is 2. The zero-order chi connectivity index (χ0) is 25.4. The van der Waals surface area contributed by atoms with Crippen molar-refractivity contribution in [3.8, 4) is 17.6 Å². The molecule has 0 aliphatic rings. The van der Waals surface area contributed by atoms with E-state index in [1.165, 1.54) is 30.3 Å². The first-order valence-corrected chi connectivity index (χ1v) is 10.5. The highest BCUT2D eigenvalue weighted by atomic mass is 16.6. The molecule has 0 saturated heterocycles. The summed E-state index contributed by atoms with van der Waals surface area (Å²) >= 11 is 0. The van der Waals surface area contributed by atoms with Gasteiger partial charge in [0.1, 0.15) is 11.6 Å². The van der Waals surface area contributed by atoms with Gasteiger partial charge in [-0.1, -0.05) is 30.3 Å². The predicted octanol–water partition coefficient (Wildman–Crippen LogP) is 5.07. The number of hydrogen-bond donors (Lipinski definition) is 1. The molecule has 3 aromatic carbocycles. The molecule has 0 radical (unpaired) electrons. The van der Waals surface area contributed by atoms with Gasteiger partial charge >= 0.3 is 5.97 Å². The van der Waals surface area contributed by atoms with Crippen LogP contribution in [0, 0.1) is 28.4 Å². The SMILES string of the molecule is CCOc1cc(/C=C(\C#N)C(=O)Nc2cc([N+](=O)[O-])ccc2C)ccc1OC(=O)c1ccccc1. The van der Waals surface area contributed by atoms with Crippen LogP contribution in [0.15, 0.2) is 72.3 Å². The molecule has 3 rings (SSSR count). The number of nitro benzene ring substituents is 1. The van der Waals surface area contributed by atoms with E-state index in [9.17, 15) is 25.0 Å². The minimum absolute atomic E-state index is 0.185. The number of non-ortho nitro benzene ring substituents is 1. The maximum atomic E-state index is 12.7. The molecule has 3 aromatic rings. The number of nitro groups is 1. The zero-order valence-electron chi connectivity index (χ0n) is 19.0. The molecule has 0 unspecified atom stereocenters. The van der Waals surface area contributed by atoms with Crippen LogP contribution in [-0.4, -0.2) is 23.4 Å². The Kier molecular flexibility index (Phi) is 7.93. The van der Waals surface area contributed by atoms with E-state index in [0.717, 1.165) is 0 Å². The third-order valence-electron chi connectivity index (χ3n) is 4.84. The standard InChI is InChI=1S/C26H21N3O6/c1-3-34-24-14-18(10-12-23(24)35-26(31)19-7-5-4-6-8-19)13-20(16-27)25(30)28-22-15-21(29(32)33)11-9-17(22)2/h4-15H,3H2,1-2H3,(H,28,30)/b20-13+. The van der Waals surface area contributed by atoms with Gasteiger partial charge in [0.05, 0.1) is 22.8 Å².